The van der Waals surface area contributed by atoms with E-state index in [0.717, 1.165) is 5.56 Å². The van der Waals surface area contributed by atoms with Gasteiger partial charge in [0, 0.05) is 36.1 Å². The fourth-order valence-electron chi connectivity index (χ4n) is 3.45. The normalized spacial score (nSPS) is 24.5. The molecule has 6 nitrogen and oxygen atoms in total. The molecule has 1 amide bonds. The lowest BCUT2D eigenvalue weighted by molar-refractivity contribution is -0.138. The van der Waals surface area contributed by atoms with Crippen molar-refractivity contribution in [3.05, 3.63) is 34.3 Å². The highest BCUT2D eigenvalue weighted by Crippen LogP contribution is 2.23. The topological polar surface area (TPSA) is 70.1 Å². The van der Waals surface area contributed by atoms with Crippen LogP contribution in [-0.4, -0.2) is 72.2 Å². The zero-order valence-corrected chi connectivity index (χ0v) is 14.3. The maximum atomic E-state index is 13.0. The van der Waals surface area contributed by atoms with Crippen LogP contribution < -0.4 is 0 Å². The molecular weight excluding hydrogens is 332 g/mol. The predicted octanol–water partition coefficient (Wildman–Crippen LogP) is 1.51. The minimum Gasteiger partial charge on any atom is -0.480 e. The van der Waals surface area contributed by atoms with Crippen LogP contribution in [0.2, 0.25) is 5.02 Å². The number of benzene rings is 1. The summed E-state index contributed by atoms with van der Waals surface area (Å²) in [6.45, 7) is 4.59. The highest BCUT2D eigenvalue weighted by Gasteiger charge is 2.36. The van der Waals surface area contributed by atoms with Gasteiger partial charge >= 0.3 is 5.97 Å². The lowest BCUT2D eigenvalue weighted by Gasteiger charge is -2.30. The first-order valence-electron chi connectivity index (χ1n) is 8.03. The van der Waals surface area contributed by atoms with Gasteiger partial charge in [-0.25, -0.2) is 0 Å². The number of aryl methyl sites for hydroxylation is 1. The molecule has 130 valence electrons. The van der Waals surface area contributed by atoms with E-state index in [1.165, 1.54) is 0 Å². The Bertz CT molecular complexity index is 651. The van der Waals surface area contributed by atoms with Gasteiger partial charge in [-0.3, -0.25) is 14.5 Å². The van der Waals surface area contributed by atoms with E-state index >= 15 is 0 Å². The van der Waals surface area contributed by atoms with Gasteiger partial charge in [-0.15, -0.1) is 0 Å². The van der Waals surface area contributed by atoms with E-state index in [9.17, 15) is 9.59 Å². The number of hydrogen-bond acceptors (Lipinski definition) is 4. The van der Waals surface area contributed by atoms with Crippen LogP contribution in [0.1, 0.15) is 15.9 Å². The Labute approximate surface area is 145 Å². The molecule has 1 aromatic carbocycles. The molecule has 2 saturated heterocycles. The maximum absolute atomic E-state index is 13.0. The van der Waals surface area contributed by atoms with E-state index in [1.54, 1.807) is 18.2 Å². The number of aliphatic carboxylic acids is 1. The van der Waals surface area contributed by atoms with Gasteiger partial charge in [0.2, 0.25) is 0 Å². The number of carboxylic acid groups (broad SMARTS) is 1. The molecule has 2 atom stereocenters. The van der Waals surface area contributed by atoms with Gasteiger partial charge in [0.1, 0.15) is 0 Å². The third-order valence-corrected chi connectivity index (χ3v) is 4.99. The number of hydrogen-bond donors (Lipinski definition) is 1. The van der Waals surface area contributed by atoms with Crippen LogP contribution in [0.15, 0.2) is 18.2 Å². The molecule has 2 fully saturated rings. The smallest absolute Gasteiger partial charge is 0.317 e. The standard InChI is InChI=1S/C17H21ClN2O4/c1-11-4-13(2-3-15(11)18)17(23)20-6-12-5-19(8-16(21)22)7-14(20)10-24-9-12/h2-4,12,14H,5-10H2,1H3,(H,21,22)/t12-,14-/m0/s1. The molecule has 0 radical (unpaired) electrons. The monoisotopic (exact) mass is 352 g/mol. The van der Waals surface area contributed by atoms with Crippen LogP contribution in [0, 0.1) is 12.8 Å². The number of carbonyl (C=O) groups excluding carboxylic acids is 1. The Morgan fingerprint density at radius 3 is 2.79 bits per heavy atom. The van der Waals surface area contributed by atoms with E-state index in [1.807, 2.05) is 16.7 Å². The number of nitrogens with zero attached hydrogens (tertiary/aromatic N) is 2. The van der Waals surface area contributed by atoms with Crippen LogP contribution in [0.5, 0.6) is 0 Å². The average Bonchev–Trinajstić information content (AvgIpc) is 2.79. The Morgan fingerprint density at radius 2 is 2.08 bits per heavy atom. The SMILES string of the molecule is Cc1cc(C(=O)N2C[C@H]3COC[C@@H]2CN(CC(=O)O)C3)ccc1Cl. The van der Waals surface area contributed by atoms with Crippen molar-refractivity contribution < 1.29 is 19.4 Å². The largest absolute Gasteiger partial charge is 0.480 e. The Morgan fingerprint density at radius 1 is 1.29 bits per heavy atom. The van der Waals surface area contributed by atoms with Crippen molar-refractivity contribution in [3.63, 3.8) is 0 Å². The van der Waals surface area contributed by atoms with Gasteiger partial charge in [0.15, 0.2) is 0 Å². The first-order chi connectivity index (χ1) is 11.4. The van der Waals surface area contributed by atoms with E-state index in [2.05, 4.69) is 0 Å². The number of carboxylic acids is 1. The molecule has 3 rings (SSSR count). The summed E-state index contributed by atoms with van der Waals surface area (Å²) < 4.78 is 5.68. The molecule has 0 saturated carbocycles. The van der Waals surface area contributed by atoms with Gasteiger partial charge in [0.25, 0.3) is 5.91 Å². The quantitative estimate of drug-likeness (QED) is 0.892. The van der Waals surface area contributed by atoms with Gasteiger partial charge in [0.05, 0.1) is 25.8 Å². The lowest BCUT2D eigenvalue weighted by atomic mass is 10.1. The maximum Gasteiger partial charge on any atom is 0.317 e. The van der Waals surface area contributed by atoms with Crippen LogP contribution >= 0.6 is 11.6 Å². The van der Waals surface area contributed by atoms with Crippen LogP contribution in [0.3, 0.4) is 0 Å². The summed E-state index contributed by atoms with van der Waals surface area (Å²) in [6, 6.07) is 5.14. The molecule has 0 aliphatic carbocycles. The minimum absolute atomic E-state index is 0.00488. The average molecular weight is 353 g/mol. The molecule has 0 unspecified atom stereocenters. The number of ether oxygens (including phenoxy) is 1. The summed E-state index contributed by atoms with van der Waals surface area (Å²) in [5.41, 5.74) is 1.47. The molecule has 2 heterocycles. The van der Waals surface area contributed by atoms with Crippen molar-refractivity contribution in [3.8, 4) is 0 Å². The van der Waals surface area contributed by atoms with Crippen LogP contribution in [0.4, 0.5) is 0 Å². The molecule has 0 aromatic heterocycles. The van der Waals surface area contributed by atoms with Crippen LogP contribution in [0.25, 0.3) is 0 Å². The van der Waals surface area contributed by atoms with Gasteiger partial charge in [-0.05, 0) is 30.7 Å². The van der Waals surface area contributed by atoms with Crippen molar-refractivity contribution in [2.45, 2.75) is 13.0 Å². The number of carbonyl (C=O) groups is 2. The summed E-state index contributed by atoms with van der Waals surface area (Å²) in [5.74, 6) is -0.774. The zero-order valence-electron chi connectivity index (χ0n) is 13.6. The number of rotatable bonds is 3. The van der Waals surface area contributed by atoms with E-state index in [4.69, 9.17) is 21.4 Å². The van der Waals surface area contributed by atoms with Crippen molar-refractivity contribution >= 4 is 23.5 Å². The molecule has 0 spiro atoms. The summed E-state index contributed by atoms with van der Waals surface area (Å²) in [6.07, 6.45) is 0. The Balaban J connectivity index is 1.83. The van der Waals surface area contributed by atoms with Gasteiger partial charge in [-0.2, -0.15) is 0 Å². The van der Waals surface area contributed by atoms with Gasteiger partial charge in [-0.1, -0.05) is 11.6 Å². The lowest BCUT2D eigenvalue weighted by Crippen LogP contribution is -2.47. The second kappa shape index (κ2) is 7.09. The van der Waals surface area contributed by atoms with Crippen molar-refractivity contribution in [2.75, 3.05) is 39.4 Å². The highest BCUT2D eigenvalue weighted by molar-refractivity contribution is 6.31. The summed E-state index contributed by atoms with van der Waals surface area (Å²) in [7, 11) is 0. The van der Waals surface area contributed by atoms with Gasteiger partial charge < -0.3 is 14.7 Å². The molecule has 2 aliphatic rings. The Kier molecular flexibility index (Phi) is 5.08. The van der Waals surface area contributed by atoms with E-state index < -0.39 is 5.97 Å². The zero-order chi connectivity index (χ0) is 17.3. The highest BCUT2D eigenvalue weighted by atomic mass is 35.5. The third-order valence-electron chi connectivity index (χ3n) is 4.57. The summed E-state index contributed by atoms with van der Waals surface area (Å²) >= 11 is 6.05. The number of amides is 1. The molecule has 2 aliphatic heterocycles. The molecule has 24 heavy (non-hydrogen) atoms. The van der Waals surface area contributed by atoms with E-state index in [-0.39, 0.29) is 24.4 Å². The molecular formula is C17H21ClN2O4. The summed E-state index contributed by atoms with van der Waals surface area (Å²) in [4.78, 5) is 27.8. The fraction of sp³-hybridized carbons (Fsp3) is 0.529. The number of halogens is 1. The number of fused-ring (bicyclic) bond motifs is 3. The first kappa shape index (κ1) is 17.2. The molecule has 1 N–H and O–H groups in total. The van der Waals surface area contributed by atoms with E-state index in [0.29, 0.717) is 43.4 Å². The van der Waals surface area contributed by atoms with Crippen molar-refractivity contribution in [2.24, 2.45) is 5.92 Å². The van der Waals surface area contributed by atoms with Crippen molar-refractivity contribution in [1.29, 1.82) is 0 Å². The second-order valence-corrected chi connectivity index (χ2v) is 6.97. The second-order valence-electron chi connectivity index (χ2n) is 6.57. The predicted molar refractivity (Wildman–Crippen MR) is 89.4 cm³/mol. The molecule has 7 heteroatoms. The minimum atomic E-state index is -0.845. The third kappa shape index (κ3) is 3.71. The van der Waals surface area contributed by atoms with Crippen LogP contribution in [-0.2, 0) is 9.53 Å². The first-order valence-corrected chi connectivity index (χ1v) is 8.41. The Hall–Kier alpha value is -1.63. The summed E-state index contributed by atoms with van der Waals surface area (Å²) in [5, 5.41) is 9.70. The molecule has 1 aromatic rings. The van der Waals surface area contributed by atoms with Crippen molar-refractivity contribution in [1.82, 2.24) is 9.80 Å². The molecule has 2 bridgehead atoms. The fourth-order valence-corrected chi connectivity index (χ4v) is 3.57.